The first kappa shape index (κ1) is 15.5. The van der Waals surface area contributed by atoms with Crippen molar-refractivity contribution in [1.82, 2.24) is 0 Å². The molecule has 4 rings (SSSR count). The zero-order chi connectivity index (χ0) is 16.0. The van der Waals surface area contributed by atoms with Crippen molar-refractivity contribution in [3.8, 4) is 0 Å². The van der Waals surface area contributed by atoms with E-state index in [4.69, 9.17) is 28.4 Å². The van der Waals surface area contributed by atoms with Crippen LogP contribution in [0.15, 0.2) is 30.3 Å². The summed E-state index contributed by atoms with van der Waals surface area (Å²) < 4.78 is 35.3. The molecule has 0 saturated carbocycles. The molecule has 1 aromatic carbocycles. The Balaban J connectivity index is 1.59. The van der Waals surface area contributed by atoms with Gasteiger partial charge in [0.1, 0.15) is 24.4 Å². The lowest BCUT2D eigenvalue weighted by Crippen LogP contribution is -2.51. The van der Waals surface area contributed by atoms with E-state index in [1.54, 1.807) is 7.11 Å². The Kier molecular flexibility index (Phi) is 3.91. The predicted octanol–water partition coefficient (Wildman–Crippen LogP) is 1.99. The molecule has 1 unspecified atom stereocenters. The standard InChI is InChI=1S/C17H22O6/c1-17(2)22-14-13-12(20-16(14)23-17)11(9-18-3)19-15(21-13)10-7-5-4-6-8-10/h4-8,11-16H,9H2,1-3H3/t11-,12-,13+,14-,15?,16-/m1/s1. The summed E-state index contributed by atoms with van der Waals surface area (Å²) in [6.45, 7) is 4.19. The van der Waals surface area contributed by atoms with Crippen molar-refractivity contribution in [3.05, 3.63) is 35.9 Å². The van der Waals surface area contributed by atoms with Crippen LogP contribution in [0, 0.1) is 0 Å². The summed E-state index contributed by atoms with van der Waals surface area (Å²) in [5, 5.41) is 0. The van der Waals surface area contributed by atoms with Gasteiger partial charge in [0.05, 0.1) is 6.61 Å². The third kappa shape index (κ3) is 2.80. The number of hydrogen-bond acceptors (Lipinski definition) is 6. The Morgan fingerprint density at radius 3 is 2.48 bits per heavy atom. The predicted molar refractivity (Wildman–Crippen MR) is 79.5 cm³/mol. The van der Waals surface area contributed by atoms with Crippen molar-refractivity contribution < 1.29 is 28.4 Å². The highest BCUT2D eigenvalue weighted by atomic mass is 16.9. The molecule has 0 aromatic heterocycles. The maximum absolute atomic E-state index is 6.17. The smallest absolute Gasteiger partial charge is 0.190 e. The molecule has 0 spiro atoms. The number of ether oxygens (including phenoxy) is 6. The molecule has 3 aliphatic heterocycles. The van der Waals surface area contributed by atoms with Gasteiger partial charge in [-0.25, -0.2) is 0 Å². The normalized spacial score (nSPS) is 41.5. The molecule has 23 heavy (non-hydrogen) atoms. The van der Waals surface area contributed by atoms with Gasteiger partial charge in [-0.3, -0.25) is 0 Å². The molecule has 6 heteroatoms. The molecule has 3 fully saturated rings. The van der Waals surface area contributed by atoms with Gasteiger partial charge in [0.25, 0.3) is 0 Å². The van der Waals surface area contributed by atoms with Gasteiger partial charge in [-0.2, -0.15) is 0 Å². The first-order valence-corrected chi connectivity index (χ1v) is 7.93. The van der Waals surface area contributed by atoms with Crippen molar-refractivity contribution >= 4 is 0 Å². The molecule has 3 heterocycles. The third-order valence-electron chi connectivity index (χ3n) is 4.38. The first-order chi connectivity index (χ1) is 11.1. The first-order valence-electron chi connectivity index (χ1n) is 7.93. The van der Waals surface area contributed by atoms with Gasteiger partial charge in [0.15, 0.2) is 18.4 Å². The van der Waals surface area contributed by atoms with E-state index >= 15 is 0 Å². The van der Waals surface area contributed by atoms with Gasteiger partial charge >= 0.3 is 0 Å². The molecule has 126 valence electrons. The molecule has 0 aliphatic carbocycles. The average molecular weight is 322 g/mol. The second-order valence-corrected chi connectivity index (χ2v) is 6.54. The maximum atomic E-state index is 6.17. The summed E-state index contributed by atoms with van der Waals surface area (Å²) in [6.07, 6.45) is -1.90. The minimum Gasteiger partial charge on any atom is -0.382 e. The van der Waals surface area contributed by atoms with Crippen LogP contribution >= 0.6 is 0 Å². The molecule has 3 aliphatic rings. The topological polar surface area (TPSA) is 55.4 Å². The van der Waals surface area contributed by atoms with E-state index in [0.717, 1.165) is 5.56 Å². The summed E-state index contributed by atoms with van der Waals surface area (Å²) in [5.74, 6) is -0.666. The second-order valence-electron chi connectivity index (χ2n) is 6.54. The largest absolute Gasteiger partial charge is 0.382 e. The lowest BCUT2D eigenvalue weighted by Gasteiger charge is -2.39. The Bertz CT molecular complexity index is 547. The Hall–Kier alpha value is -1.02. The van der Waals surface area contributed by atoms with E-state index in [1.807, 2.05) is 44.2 Å². The van der Waals surface area contributed by atoms with Crippen LogP contribution in [0.1, 0.15) is 25.7 Å². The fourth-order valence-electron chi connectivity index (χ4n) is 3.43. The quantitative estimate of drug-likeness (QED) is 0.848. The van der Waals surface area contributed by atoms with Crippen LogP contribution in [-0.2, 0) is 28.4 Å². The average Bonchev–Trinajstić information content (AvgIpc) is 3.01. The number of benzene rings is 1. The Labute approximate surface area is 135 Å². The minimum absolute atomic E-state index is 0.232. The minimum atomic E-state index is -0.666. The molecule has 0 radical (unpaired) electrons. The highest BCUT2D eigenvalue weighted by Crippen LogP contribution is 2.44. The number of methoxy groups -OCH3 is 1. The van der Waals surface area contributed by atoms with Crippen molar-refractivity contribution in [2.24, 2.45) is 0 Å². The van der Waals surface area contributed by atoms with Gasteiger partial charge in [-0.05, 0) is 13.8 Å². The molecule has 3 saturated heterocycles. The summed E-state index contributed by atoms with van der Waals surface area (Å²) in [6, 6.07) is 9.86. The maximum Gasteiger partial charge on any atom is 0.190 e. The molecule has 0 bridgehead atoms. The lowest BCUT2D eigenvalue weighted by atomic mass is 10.0. The Morgan fingerprint density at radius 2 is 1.74 bits per heavy atom. The lowest BCUT2D eigenvalue weighted by molar-refractivity contribution is -0.314. The number of fused-ring (bicyclic) bond motifs is 3. The van der Waals surface area contributed by atoms with Crippen molar-refractivity contribution in [2.75, 3.05) is 13.7 Å². The molecular formula is C17H22O6. The monoisotopic (exact) mass is 322 g/mol. The molecule has 0 N–H and O–H groups in total. The van der Waals surface area contributed by atoms with Crippen LogP contribution in [0.2, 0.25) is 0 Å². The van der Waals surface area contributed by atoms with Gasteiger partial charge in [0, 0.05) is 12.7 Å². The summed E-state index contributed by atoms with van der Waals surface area (Å²) in [4.78, 5) is 0. The van der Waals surface area contributed by atoms with Gasteiger partial charge < -0.3 is 28.4 Å². The SMILES string of the molecule is COC[C@H]1OC(c2ccccc2)O[C@@H]2[C@H]3OC(C)(C)O[C@H]3O[C@@H]21. The summed E-state index contributed by atoms with van der Waals surface area (Å²) in [5.41, 5.74) is 0.966. The molecule has 1 aromatic rings. The van der Waals surface area contributed by atoms with Crippen molar-refractivity contribution in [1.29, 1.82) is 0 Å². The van der Waals surface area contributed by atoms with Crippen LogP contribution < -0.4 is 0 Å². The fourth-order valence-corrected chi connectivity index (χ4v) is 3.43. The van der Waals surface area contributed by atoms with E-state index in [0.29, 0.717) is 6.61 Å². The van der Waals surface area contributed by atoms with E-state index in [1.165, 1.54) is 0 Å². The summed E-state index contributed by atoms with van der Waals surface area (Å²) >= 11 is 0. The fraction of sp³-hybridized carbons (Fsp3) is 0.647. The highest BCUT2D eigenvalue weighted by molar-refractivity contribution is 5.17. The van der Waals surface area contributed by atoms with Crippen molar-refractivity contribution in [2.45, 2.75) is 56.6 Å². The van der Waals surface area contributed by atoms with Gasteiger partial charge in [-0.1, -0.05) is 30.3 Å². The van der Waals surface area contributed by atoms with Crippen LogP contribution in [0.25, 0.3) is 0 Å². The van der Waals surface area contributed by atoms with Crippen LogP contribution in [0.3, 0.4) is 0 Å². The summed E-state index contributed by atoms with van der Waals surface area (Å²) in [7, 11) is 1.65. The molecular weight excluding hydrogens is 300 g/mol. The second kappa shape index (κ2) is 5.81. The van der Waals surface area contributed by atoms with E-state index in [2.05, 4.69) is 0 Å². The van der Waals surface area contributed by atoms with Crippen LogP contribution in [0.5, 0.6) is 0 Å². The van der Waals surface area contributed by atoms with Crippen LogP contribution in [-0.4, -0.2) is 50.2 Å². The van der Waals surface area contributed by atoms with Gasteiger partial charge in [-0.15, -0.1) is 0 Å². The molecule has 0 amide bonds. The zero-order valence-corrected chi connectivity index (χ0v) is 13.5. The zero-order valence-electron chi connectivity index (χ0n) is 13.5. The number of hydrogen-bond donors (Lipinski definition) is 0. The van der Waals surface area contributed by atoms with E-state index in [9.17, 15) is 0 Å². The van der Waals surface area contributed by atoms with Gasteiger partial charge in [0.2, 0.25) is 0 Å². The van der Waals surface area contributed by atoms with Crippen LogP contribution in [0.4, 0.5) is 0 Å². The number of rotatable bonds is 3. The third-order valence-corrected chi connectivity index (χ3v) is 4.38. The molecule has 6 nitrogen and oxygen atoms in total. The Morgan fingerprint density at radius 1 is 0.957 bits per heavy atom. The highest BCUT2D eigenvalue weighted by Gasteiger charge is 2.60. The molecule has 6 atom stereocenters. The van der Waals surface area contributed by atoms with E-state index in [-0.39, 0.29) is 24.4 Å². The van der Waals surface area contributed by atoms with E-state index < -0.39 is 18.4 Å². The van der Waals surface area contributed by atoms with Crippen molar-refractivity contribution in [3.63, 3.8) is 0 Å².